The highest BCUT2D eigenvalue weighted by Crippen LogP contribution is 2.28. The summed E-state index contributed by atoms with van der Waals surface area (Å²) < 4.78 is 7.08. The molecule has 2 aromatic rings. The number of halogens is 1. The number of aliphatic hydroxyl groups is 1. The molecule has 0 spiro atoms. The first-order valence-electron chi connectivity index (χ1n) is 7.02. The fraction of sp³-hybridized carbons (Fsp3) is 0.438. The molecule has 0 aliphatic carbocycles. The molecule has 1 heterocycles. The summed E-state index contributed by atoms with van der Waals surface area (Å²) in [4.78, 5) is 0. The largest absolute Gasteiger partial charge is 0.496 e. The van der Waals surface area contributed by atoms with Crippen LogP contribution in [0, 0.1) is 13.8 Å². The summed E-state index contributed by atoms with van der Waals surface area (Å²) in [6, 6.07) is 5.69. The SMILES string of the molecule is CCn1nc(C)c(Cl)c1CC(O)c1ccc(OC)c(C)c1. The lowest BCUT2D eigenvalue weighted by Crippen LogP contribution is -2.09. The molecule has 114 valence electrons. The van der Waals surface area contributed by atoms with Crippen LogP contribution in [0.15, 0.2) is 18.2 Å². The Morgan fingerprint density at radius 3 is 2.67 bits per heavy atom. The molecule has 0 fully saturated rings. The molecule has 0 saturated heterocycles. The monoisotopic (exact) mass is 308 g/mol. The first kappa shape index (κ1) is 15.9. The first-order chi connectivity index (χ1) is 9.97. The van der Waals surface area contributed by atoms with Crippen LogP contribution in [-0.4, -0.2) is 22.0 Å². The fourth-order valence-electron chi connectivity index (χ4n) is 2.47. The van der Waals surface area contributed by atoms with Gasteiger partial charge in [-0.05, 0) is 44.0 Å². The van der Waals surface area contributed by atoms with Gasteiger partial charge >= 0.3 is 0 Å². The van der Waals surface area contributed by atoms with Crippen LogP contribution in [0.4, 0.5) is 0 Å². The number of aliphatic hydroxyl groups excluding tert-OH is 1. The van der Waals surface area contributed by atoms with E-state index in [1.165, 1.54) is 0 Å². The van der Waals surface area contributed by atoms with Gasteiger partial charge in [-0.3, -0.25) is 4.68 Å². The van der Waals surface area contributed by atoms with Crippen molar-refractivity contribution in [3.8, 4) is 5.75 Å². The Labute approximate surface area is 130 Å². The van der Waals surface area contributed by atoms with Crippen molar-refractivity contribution < 1.29 is 9.84 Å². The topological polar surface area (TPSA) is 47.3 Å². The molecule has 0 aliphatic rings. The molecular weight excluding hydrogens is 288 g/mol. The van der Waals surface area contributed by atoms with E-state index in [9.17, 15) is 5.11 Å². The van der Waals surface area contributed by atoms with Gasteiger partial charge in [0.25, 0.3) is 0 Å². The second-order valence-corrected chi connectivity index (χ2v) is 5.49. The maximum atomic E-state index is 10.5. The molecule has 21 heavy (non-hydrogen) atoms. The van der Waals surface area contributed by atoms with Gasteiger partial charge in [0.05, 0.1) is 29.6 Å². The van der Waals surface area contributed by atoms with E-state index < -0.39 is 6.10 Å². The van der Waals surface area contributed by atoms with E-state index in [1.54, 1.807) is 7.11 Å². The summed E-state index contributed by atoms with van der Waals surface area (Å²) in [5.74, 6) is 0.818. The number of hydrogen-bond donors (Lipinski definition) is 1. The van der Waals surface area contributed by atoms with E-state index in [0.717, 1.165) is 34.8 Å². The average Bonchev–Trinajstić information content (AvgIpc) is 2.74. The molecule has 1 unspecified atom stereocenters. The zero-order chi connectivity index (χ0) is 15.6. The third-order valence-corrected chi connectivity index (χ3v) is 4.13. The van der Waals surface area contributed by atoms with Crippen molar-refractivity contribution in [3.63, 3.8) is 0 Å². The number of aromatic nitrogens is 2. The summed E-state index contributed by atoms with van der Waals surface area (Å²) in [6.45, 7) is 6.58. The highest BCUT2D eigenvalue weighted by atomic mass is 35.5. The van der Waals surface area contributed by atoms with Crippen molar-refractivity contribution in [2.45, 2.75) is 39.8 Å². The minimum atomic E-state index is -0.617. The molecule has 1 atom stereocenters. The number of nitrogens with zero attached hydrogens (tertiary/aromatic N) is 2. The Kier molecular flexibility index (Phi) is 4.91. The van der Waals surface area contributed by atoms with E-state index >= 15 is 0 Å². The molecule has 0 saturated carbocycles. The van der Waals surface area contributed by atoms with E-state index in [4.69, 9.17) is 16.3 Å². The van der Waals surface area contributed by atoms with Crippen LogP contribution in [-0.2, 0) is 13.0 Å². The van der Waals surface area contributed by atoms with Crippen LogP contribution in [0.5, 0.6) is 5.75 Å². The van der Waals surface area contributed by atoms with E-state index in [2.05, 4.69) is 5.10 Å². The summed E-state index contributed by atoms with van der Waals surface area (Å²) in [5, 5.41) is 15.5. The van der Waals surface area contributed by atoms with Crippen molar-refractivity contribution in [2.24, 2.45) is 0 Å². The van der Waals surface area contributed by atoms with E-state index in [0.29, 0.717) is 11.4 Å². The van der Waals surface area contributed by atoms with Crippen molar-refractivity contribution in [2.75, 3.05) is 7.11 Å². The zero-order valence-electron chi connectivity index (χ0n) is 12.9. The third-order valence-electron chi connectivity index (χ3n) is 3.64. The summed E-state index contributed by atoms with van der Waals surface area (Å²) >= 11 is 6.29. The van der Waals surface area contributed by atoms with Crippen molar-refractivity contribution in [3.05, 3.63) is 45.7 Å². The number of methoxy groups -OCH3 is 1. The van der Waals surface area contributed by atoms with Gasteiger partial charge in [-0.2, -0.15) is 5.10 Å². The molecule has 5 heteroatoms. The van der Waals surface area contributed by atoms with Crippen LogP contribution >= 0.6 is 11.6 Å². The number of benzene rings is 1. The fourth-order valence-corrected chi connectivity index (χ4v) is 2.69. The Morgan fingerprint density at radius 1 is 1.38 bits per heavy atom. The van der Waals surface area contributed by atoms with Gasteiger partial charge in [0.2, 0.25) is 0 Å². The number of aryl methyl sites for hydroxylation is 3. The summed E-state index contributed by atoms with van der Waals surface area (Å²) in [7, 11) is 1.64. The molecule has 1 aromatic heterocycles. The van der Waals surface area contributed by atoms with Gasteiger partial charge < -0.3 is 9.84 Å². The lowest BCUT2D eigenvalue weighted by Gasteiger charge is -2.14. The van der Waals surface area contributed by atoms with E-state index in [-0.39, 0.29) is 0 Å². The molecule has 1 aromatic carbocycles. The minimum Gasteiger partial charge on any atom is -0.496 e. The zero-order valence-corrected chi connectivity index (χ0v) is 13.6. The normalized spacial score (nSPS) is 12.5. The molecular formula is C16H21ClN2O2. The quantitative estimate of drug-likeness (QED) is 0.920. The van der Waals surface area contributed by atoms with Gasteiger partial charge in [-0.1, -0.05) is 17.7 Å². The average molecular weight is 309 g/mol. The predicted octanol–water partition coefficient (Wildman–Crippen LogP) is 3.46. The van der Waals surface area contributed by atoms with Crippen molar-refractivity contribution in [1.82, 2.24) is 9.78 Å². The number of rotatable bonds is 5. The Hall–Kier alpha value is -1.52. The predicted molar refractivity (Wildman–Crippen MR) is 84.0 cm³/mol. The van der Waals surface area contributed by atoms with Gasteiger partial charge in [0.1, 0.15) is 5.75 Å². The molecule has 0 bridgehead atoms. The smallest absolute Gasteiger partial charge is 0.121 e. The molecule has 0 aliphatic heterocycles. The Balaban J connectivity index is 2.25. The summed E-state index contributed by atoms with van der Waals surface area (Å²) in [5.41, 5.74) is 3.52. The molecule has 4 nitrogen and oxygen atoms in total. The third kappa shape index (κ3) is 3.22. The van der Waals surface area contributed by atoms with Gasteiger partial charge in [-0.15, -0.1) is 0 Å². The summed E-state index contributed by atoms with van der Waals surface area (Å²) in [6.07, 6.45) is -0.173. The number of hydrogen-bond acceptors (Lipinski definition) is 3. The van der Waals surface area contributed by atoms with Gasteiger partial charge in [-0.25, -0.2) is 0 Å². The maximum Gasteiger partial charge on any atom is 0.121 e. The minimum absolute atomic E-state index is 0.444. The van der Waals surface area contributed by atoms with Crippen LogP contribution < -0.4 is 4.74 Å². The molecule has 1 N–H and O–H groups in total. The Bertz CT molecular complexity index is 637. The molecule has 0 radical (unpaired) electrons. The maximum absolute atomic E-state index is 10.5. The van der Waals surface area contributed by atoms with Crippen LogP contribution in [0.25, 0.3) is 0 Å². The molecule has 2 rings (SSSR count). The second kappa shape index (κ2) is 6.50. The standard InChI is InChI=1S/C16H21ClN2O2/c1-5-19-13(16(17)11(3)18-19)9-14(20)12-6-7-15(21-4)10(2)8-12/h6-8,14,20H,5,9H2,1-4H3. The van der Waals surface area contributed by atoms with Gasteiger partial charge in [0, 0.05) is 13.0 Å². The highest BCUT2D eigenvalue weighted by Gasteiger charge is 2.18. The van der Waals surface area contributed by atoms with Crippen LogP contribution in [0.2, 0.25) is 5.02 Å². The van der Waals surface area contributed by atoms with Crippen molar-refractivity contribution in [1.29, 1.82) is 0 Å². The second-order valence-electron chi connectivity index (χ2n) is 5.11. The molecule has 0 amide bonds. The first-order valence-corrected chi connectivity index (χ1v) is 7.40. The lowest BCUT2D eigenvalue weighted by molar-refractivity contribution is 0.175. The number of ether oxygens (including phenoxy) is 1. The van der Waals surface area contributed by atoms with Crippen molar-refractivity contribution >= 4 is 11.6 Å². The van der Waals surface area contributed by atoms with Gasteiger partial charge in [0.15, 0.2) is 0 Å². The Morgan fingerprint density at radius 2 is 2.10 bits per heavy atom. The van der Waals surface area contributed by atoms with Crippen LogP contribution in [0.1, 0.15) is 35.5 Å². The highest BCUT2D eigenvalue weighted by molar-refractivity contribution is 6.31. The van der Waals surface area contributed by atoms with Crippen LogP contribution in [0.3, 0.4) is 0 Å². The lowest BCUT2D eigenvalue weighted by atomic mass is 10.0. The van der Waals surface area contributed by atoms with E-state index in [1.807, 2.05) is 43.7 Å².